The minimum atomic E-state index is -0.287. The van der Waals surface area contributed by atoms with Gasteiger partial charge in [-0.3, -0.25) is 0 Å². The van der Waals surface area contributed by atoms with E-state index in [0.717, 1.165) is 0 Å². The molecule has 0 aliphatic rings. The second-order valence-corrected chi connectivity index (χ2v) is 0.750. The van der Waals surface area contributed by atoms with Gasteiger partial charge >= 0.3 is 0 Å². The maximum absolute atomic E-state index is 10.7. The highest BCUT2D eigenvalue weighted by atomic mass is 19.1. The van der Waals surface area contributed by atoms with Crippen molar-refractivity contribution < 1.29 is 9.50 Å². The smallest absolute Gasteiger partial charge is 0.124 e. The summed E-state index contributed by atoms with van der Waals surface area (Å²) in [6.45, 7) is 1.26. The van der Waals surface area contributed by atoms with Crippen LogP contribution in [0.5, 0.6) is 0 Å². The number of hydrogen-bond acceptors (Lipinski definition) is 1. The van der Waals surface area contributed by atoms with E-state index in [1.807, 2.05) is 0 Å². The summed E-state index contributed by atoms with van der Waals surface area (Å²) in [7, 11) is 0. The van der Waals surface area contributed by atoms with Crippen molar-refractivity contribution in [1.82, 2.24) is 0 Å². The molecular weight excluding hydrogens is 71.0 g/mol. The number of rotatable bonds is 0. The third-order valence-corrected chi connectivity index (χ3v) is 0.158. The molecule has 0 unspecified atom stereocenters. The Labute approximate surface area is 29.7 Å². The molecule has 0 heterocycles. The van der Waals surface area contributed by atoms with Crippen LogP contribution in [-0.2, 0) is 0 Å². The van der Waals surface area contributed by atoms with Crippen LogP contribution in [0.2, 0.25) is 0 Å². The van der Waals surface area contributed by atoms with E-state index >= 15 is 0 Å². The van der Waals surface area contributed by atoms with Crippen molar-refractivity contribution in [2.45, 2.75) is 6.92 Å². The van der Waals surface area contributed by atoms with Crippen LogP contribution >= 0.6 is 0 Å². The maximum Gasteiger partial charge on any atom is 0.124 e. The first-order chi connectivity index (χ1) is 2.27. The van der Waals surface area contributed by atoms with E-state index in [1.54, 1.807) is 0 Å². The lowest BCUT2D eigenvalue weighted by Crippen LogP contribution is -1.59. The van der Waals surface area contributed by atoms with Crippen molar-refractivity contribution in [3.8, 4) is 0 Å². The molecule has 0 rings (SSSR count). The highest BCUT2D eigenvalue weighted by molar-refractivity contribution is 4.74. The van der Waals surface area contributed by atoms with E-state index in [0.29, 0.717) is 0 Å². The van der Waals surface area contributed by atoms with Gasteiger partial charge in [0.1, 0.15) is 12.1 Å². The van der Waals surface area contributed by atoms with Gasteiger partial charge in [0, 0.05) is 0 Å². The van der Waals surface area contributed by atoms with Crippen LogP contribution < -0.4 is 0 Å². The van der Waals surface area contributed by atoms with Gasteiger partial charge in [0.05, 0.1) is 0 Å². The summed E-state index contributed by atoms with van der Waals surface area (Å²) in [5.74, 6) is -0.287. The Morgan fingerprint density at radius 1 is 2.00 bits per heavy atom. The lowest BCUT2D eigenvalue weighted by Gasteiger charge is -1.72. The zero-order valence-electron chi connectivity index (χ0n) is 2.90. The molecule has 0 bridgehead atoms. The third-order valence-electron chi connectivity index (χ3n) is 0.158. The van der Waals surface area contributed by atoms with E-state index in [4.69, 9.17) is 5.11 Å². The summed E-state index contributed by atoms with van der Waals surface area (Å²) < 4.78 is 10.7. The average molecular weight is 76.1 g/mol. The molecule has 0 atom stereocenters. The van der Waals surface area contributed by atoms with Crippen molar-refractivity contribution in [3.63, 3.8) is 0 Å². The summed E-state index contributed by atoms with van der Waals surface area (Å²) in [4.78, 5) is 0. The molecular formula is C3H5FO. The predicted octanol–water partition coefficient (Wildman–Crippen LogP) is 1.38. The fourth-order valence-corrected chi connectivity index (χ4v) is 0. The summed E-state index contributed by atoms with van der Waals surface area (Å²) in [5.41, 5.74) is 0. The SMILES string of the molecule is C/C(O)=C\F. The molecule has 0 aromatic carbocycles. The Kier molecular flexibility index (Phi) is 1.57. The van der Waals surface area contributed by atoms with Crippen LogP contribution in [0.4, 0.5) is 4.39 Å². The van der Waals surface area contributed by atoms with E-state index < -0.39 is 0 Å². The van der Waals surface area contributed by atoms with Gasteiger partial charge in [0.25, 0.3) is 0 Å². The molecule has 0 aliphatic heterocycles. The largest absolute Gasteiger partial charge is 0.510 e. The average Bonchev–Trinajstić information content (AvgIpc) is 1.38. The summed E-state index contributed by atoms with van der Waals surface area (Å²) >= 11 is 0. The second kappa shape index (κ2) is 1.76. The molecule has 0 saturated heterocycles. The van der Waals surface area contributed by atoms with Crippen molar-refractivity contribution in [2.24, 2.45) is 0 Å². The quantitative estimate of drug-likeness (QED) is 0.432. The van der Waals surface area contributed by atoms with Crippen molar-refractivity contribution >= 4 is 0 Å². The molecule has 0 fully saturated rings. The molecule has 1 nitrogen and oxygen atoms in total. The number of allylic oxidation sites excluding steroid dienone is 1. The summed E-state index contributed by atoms with van der Waals surface area (Å²) in [6, 6.07) is 0. The maximum atomic E-state index is 10.7. The highest BCUT2D eigenvalue weighted by Crippen LogP contribution is 1.79. The predicted molar refractivity (Wildman–Crippen MR) is 17.5 cm³/mol. The normalized spacial score (nSPS) is 12.0. The van der Waals surface area contributed by atoms with Crippen LogP contribution in [0, 0.1) is 0 Å². The molecule has 2 heteroatoms. The number of aliphatic hydroxyl groups excluding tert-OH is 1. The fraction of sp³-hybridized carbons (Fsp3) is 0.333. The van der Waals surface area contributed by atoms with Gasteiger partial charge in [-0.2, -0.15) is 0 Å². The van der Waals surface area contributed by atoms with Crippen molar-refractivity contribution in [3.05, 3.63) is 12.1 Å². The Morgan fingerprint density at radius 2 is 2.20 bits per heavy atom. The molecule has 30 valence electrons. The van der Waals surface area contributed by atoms with Gasteiger partial charge in [0.15, 0.2) is 0 Å². The molecule has 0 aromatic heterocycles. The van der Waals surface area contributed by atoms with Crippen LogP contribution in [-0.4, -0.2) is 5.11 Å². The van der Waals surface area contributed by atoms with Crippen molar-refractivity contribution in [2.75, 3.05) is 0 Å². The Hall–Kier alpha value is -0.530. The third kappa shape index (κ3) is 3.47. The molecule has 0 amide bonds. The molecule has 1 N–H and O–H groups in total. The van der Waals surface area contributed by atoms with Gasteiger partial charge in [-0.1, -0.05) is 0 Å². The fourth-order valence-electron chi connectivity index (χ4n) is 0. The Bertz CT molecular complexity index is 44.9. The van der Waals surface area contributed by atoms with Gasteiger partial charge in [-0.25, -0.2) is 4.39 Å². The van der Waals surface area contributed by atoms with Gasteiger partial charge in [-0.15, -0.1) is 0 Å². The van der Waals surface area contributed by atoms with E-state index in [-0.39, 0.29) is 12.1 Å². The van der Waals surface area contributed by atoms with Gasteiger partial charge in [0.2, 0.25) is 0 Å². The summed E-state index contributed by atoms with van der Waals surface area (Å²) in [6.07, 6.45) is 0.139. The van der Waals surface area contributed by atoms with Crippen LogP contribution in [0.15, 0.2) is 12.1 Å². The van der Waals surface area contributed by atoms with Gasteiger partial charge in [-0.05, 0) is 6.92 Å². The molecule has 5 heavy (non-hydrogen) atoms. The minimum absolute atomic E-state index is 0.139. The number of hydrogen-bond donors (Lipinski definition) is 1. The topological polar surface area (TPSA) is 20.2 Å². The first-order valence-electron chi connectivity index (χ1n) is 1.23. The molecule has 0 aliphatic carbocycles. The van der Waals surface area contributed by atoms with Crippen LogP contribution in [0.3, 0.4) is 0 Å². The Morgan fingerprint density at radius 3 is 2.20 bits per heavy atom. The molecule has 0 saturated carbocycles. The molecule has 0 spiro atoms. The first kappa shape index (κ1) is 4.47. The minimum Gasteiger partial charge on any atom is -0.510 e. The molecule has 0 aromatic rings. The summed E-state index contributed by atoms with van der Waals surface area (Å²) in [5, 5.41) is 7.85. The van der Waals surface area contributed by atoms with Crippen LogP contribution in [0.1, 0.15) is 6.92 Å². The lowest BCUT2D eigenvalue weighted by atomic mass is 10.7. The number of aliphatic hydroxyl groups is 1. The van der Waals surface area contributed by atoms with E-state index in [9.17, 15) is 4.39 Å². The highest BCUT2D eigenvalue weighted by Gasteiger charge is 1.67. The molecule has 0 radical (unpaired) electrons. The first-order valence-corrected chi connectivity index (χ1v) is 1.23. The van der Waals surface area contributed by atoms with E-state index in [1.165, 1.54) is 6.92 Å². The van der Waals surface area contributed by atoms with Crippen LogP contribution in [0.25, 0.3) is 0 Å². The standard InChI is InChI=1S/C3H5FO/c1-3(5)2-4/h2,5H,1H3/b3-2+. The monoisotopic (exact) mass is 76.0 g/mol. The van der Waals surface area contributed by atoms with E-state index in [2.05, 4.69) is 0 Å². The zero-order valence-corrected chi connectivity index (χ0v) is 2.90. The number of halogens is 1. The van der Waals surface area contributed by atoms with Crippen molar-refractivity contribution in [1.29, 1.82) is 0 Å². The second-order valence-electron chi connectivity index (χ2n) is 0.750. The van der Waals surface area contributed by atoms with Gasteiger partial charge < -0.3 is 5.11 Å². The Balaban J connectivity index is 3.14. The zero-order chi connectivity index (χ0) is 4.28. The lowest BCUT2D eigenvalue weighted by molar-refractivity contribution is 0.398.